The Morgan fingerprint density at radius 1 is 1.39 bits per heavy atom. The molecule has 18 heavy (non-hydrogen) atoms. The lowest BCUT2D eigenvalue weighted by molar-refractivity contribution is 0.0705. The molecule has 0 aromatic heterocycles. The van der Waals surface area contributed by atoms with Gasteiger partial charge in [-0.05, 0) is 46.5 Å². The van der Waals surface area contributed by atoms with Crippen molar-refractivity contribution in [2.75, 3.05) is 13.1 Å². The summed E-state index contributed by atoms with van der Waals surface area (Å²) in [6.45, 7) is 3.84. The molecule has 98 valence electrons. The Balaban J connectivity index is 2.16. The van der Waals surface area contributed by atoms with Gasteiger partial charge in [-0.2, -0.15) is 0 Å². The third-order valence-electron chi connectivity index (χ3n) is 3.32. The lowest BCUT2D eigenvalue weighted by Crippen LogP contribution is -2.43. The molecule has 2 rings (SSSR count). The molecule has 1 aliphatic rings. The average molecular weight is 440 g/mol. The van der Waals surface area contributed by atoms with Gasteiger partial charge in [0.15, 0.2) is 0 Å². The van der Waals surface area contributed by atoms with Gasteiger partial charge in [0.25, 0.3) is 5.91 Å². The molecule has 2 atom stereocenters. The maximum Gasteiger partial charge on any atom is 0.255 e. The molecule has 5 heteroatoms. The second-order valence-electron chi connectivity index (χ2n) is 4.66. The Morgan fingerprint density at radius 2 is 2.11 bits per heavy atom. The van der Waals surface area contributed by atoms with Gasteiger partial charge >= 0.3 is 0 Å². The molecule has 1 aromatic carbocycles. The molecule has 0 radical (unpaired) electrons. The van der Waals surface area contributed by atoms with Crippen LogP contribution in [-0.4, -0.2) is 28.7 Å². The number of likely N-dealkylation sites (tertiary alicyclic amines) is 1. The van der Waals surface area contributed by atoms with E-state index < -0.39 is 0 Å². The van der Waals surface area contributed by atoms with Gasteiger partial charge < -0.3 is 4.90 Å². The third-order valence-corrected chi connectivity index (χ3v) is 5.66. The van der Waals surface area contributed by atoms with Crippen molar-refractivity contribution in [1.82, 2.24) is 4.90 Å². The number of amides is 1. The van der Waals surface area contributed by atoms with E-state index >= 15 is 0 Å². The summed E-state index contributed by atoms with van der Waals surface area (Å²) in [4.78, 5) is 14.8. The summed E-state index contributed by atoms with van der Waals surface area (Å²) in [5, 5.41) is 0. The fraction of sp³-hybridized carbons (Fsp3) is 0.462. The number of benzene rings is 1. The number of hydrogen-bond donors (Lipinski definition) is 0. The molecular formula is C13H14Br3NO. The number of carbonyl (C=O) groups is 1. The third kappa shape index (κ3) is 3.17. The Morgan fingerprint density at radius 3 is 2.72 bits per heavy atom. The van der Waals surface area contributed by atoms with E-state index in [1.54, 1.807) is 0 Å². The van der Waals surface area contributed by atoms with Crippen LogP contribution in [0.2, 0.25) is 0 Å². The van der Waals surface area contributed by atoms with Crippen molar-refractivity contribution in [2.24, 2.45) is 5.92 Å². The van der Waals surface area contributed by atoms with Crippen LogP contribution in [0.4, 0.5) is 0 Å². The van der Waals surface area contributed by atoms with Crippen molar-refractivity contribution in [2.45, 2.75) is 18.2 Å². The monoisotopic (exact) mass is 437 g/mol. The Kier molecular flexibility index (Phi) is 4.89. The van der Waals surface area contributed by atoms with Gasteiger partial charge in [-0.1, -0.05) is 38.8 Å². The molecule has 1 aliphatic heterocycles. The number of alkyl halides is 1. The fourth-order valence-electron chi connectivity index (χ4n) is 2.04. The molecule has 1 heterocycles. The maximum absolute atomic E-state index is 12.4. The second-order valence-corrected chi connectivity index (χ2v) is 7.60. The minimum atomic E-state index is 0.103. The standard InChI is InChI=1S/C13H14Br3NO/c1-8-4-5-17(7-12(8)16)13(18)10-3-2-9(14)6-11(10)15/h2-3,6,8,12H,4-5,7H2,1H3. The van der Waals surface area contributed by atoms with Crippen molar-refractivity contribution < 1.29 is 4.79 Å². The van der Waals surface area contributed by atoms with Gasteiger partial charge in [0.2, 0.25) is 0 Å². The first kappa shape index (κ1) is 14.5. The van der Waals surface area contributed by atoms with Crippen LogP contribution in [0.3, 0.4) is 0 Å². The smallest absolute Gasteiger partial charge is 0.255 e. The van der Waals surface area contributed by atoms with Crippen LogP contribution < -0.4 is 0 Å². The lowest BCUT2D eigenvalue weighted by atomic mass is 9.98. The number of nitrogens with zero attached hydrogens (tertiary/aromatic N) is 1. The zero-order chi connectivity index (χ0) is 13.3. The molecule has 0 saturated carbocycles. The van der Waals surface area contributed by atoms with Crippen molar-refractivity contribution in [3.63, 3.8) is 0 Å². The lowest BCUT2D eigenvalue weighted by Gasteiger charge is -2.34. The Bertz CT molecular complexity index is 464. The minimum Gasteiger partial charge on any atom is -0.337 e. The summed E-state index contributed by atoms with van der Waals surface area (Å²) in [6, 6.07) is 5.67. The molecule has 0 aliphatic carbocycles. The van der Waals surface area contributed by atoms with Crippen LogP contribution in [0, 0.1) is 5.92 Å². The van der Waals surface area contributed by atoms with Crippen LogP contribution >= 0.6 is 47.8 Å². The van der Waals surface area contributed by atoms with E-state index in [4.69, 9.17) is 0 Å². The highest BCUT2D eigenvalue weighted by Gasteiger charge is 2.28. The summed E-state index contributed by atoms with van der Waals surface area (Å²) in [7, 11) is 0. The van der Waals surface area contributed by atoms with Crippen LogP contribution in [0.15, 0.2) is 27.1 Å². The quantitative estimate of drug-likeness (QED) is 0.592. The number of halogens is 3. The Labute approximate surface area is 133 Å². The van der Waals surface area contributed by atoms with Gasteiger partial charge in [0.1, 0.15) is 0 Å². The average Bonchev–Trinajstić information content (AvgIpc) is 2.32. The van der Waals surface area contributed by atoms with Crippen LogP contribution in [0.5, 0.6) is 0 Å². The summed E-state index contributed by atoms with van der Waals surface area (Å²) in [5.41, 5.74) is 0.729. The van der Waals surface area contributed by atoms with Crippen molar-refractivity contribution >= 4 is 53.7 Å². The van der Waals surface area contributed by atoms with Crippen molar-refractivity contribution in [3.8, 4) is 0 Å². The van der Waals surface area contributed by atoms with Gasteiger partial charge in [-0.25, -0.2) is 0 Å². The van der Waals surface area contributed by atoms with Gasteiger partial charge in [-0.3, -0.25) is 4.79 Å². The summed E-state index contributed by atoms with van der Waals surface area (Å²) in [6.07, 6.45) is 1.05. The van der Waals surface area contributed by atoms with Gasteiger partial charge in [0, 0.05) is 26.9 Å². The zero-order valence-corrected chi connectivity index (χ0v) is 14.8. The van der Waals surface area contributed by atoms with E-state index in [0.717, 1.165) is 34.0 Å². The highest BCUT2D eigenvalue weighted by molar-refractivity contribution is 9.11. The highest BCUT2D eigenvalue weighted by atomic mass is 79.9. The molecule has 0 N–H and O–H groups in total. The zero-order valence-electron chi connectivity index (χ0n) is 10.00. The first-order valence-electron chi connectivity index (χ1n) is 5.87. The first-order chi connectivity index (χ1) is 8.49. The van der Waals surface area contributed by atoms with Crippen LogP contribution in [0.25, 0.3) is 0 Å². The first-order valence-corrected chi connectivity index (χ1v) is 8.37. The van der Waals surface area contributed by atoms with Crippen LogP contribution in [0.1, 0.15) is 23.7 Å². The fourth-order valence-corrected chi connectivity index (χ4v) is 3.87. The maximum atomic E-state index is 12.4. The molecule has 0 spiro atoms. The number of rotatable bonds is 1. The molecule has 1 amide bonds. The molecule has 1 saturated heterocycles. The second kappa shape index (κ2) is 6.06. The minimum absolute atomic E-state index is 0.103. The number of hydrogen-bond acceptors (Lipinski definition) is 1. The molecule has 1 fully saturated rings. The number of piperidine rings is 1. The van der Waals surface area contributed by atoms with Gasteiger partial charge in [0.05, 0.1) is 5.56 Å². The number of carbonyl (C=O) groups excluding carboxylic acids is 1. The molecule has 1 aromatic rings. The van der Waals surface area contributed by atoms with Gasteiger partial charge in [-0.15, -0.1) is 0 Å². The largest absolute Gasteiger partial charge is 0.337 e. The Hall–Kier alpha value is 0.130. The SMILES string of the molecule is CC1CCN(C(=O)c2ccc(Br)cc2Br)CC1Br. The van der Waals surface area contributed by atoms with E-state index in [1.165, 1.54) is 0 Å². The topological polar surface area (TPSA) is 20.3 Å². The molecule has 0 bridgehead atoms. The molecule has 2 unspecified atom stereocenters. The van der Waals surface area contributed by atoms with E-state index in [-0.39, 0.29) is 5.91 Å². The van der Waals surface area contributed by atoms with E-state index in [9.17, 15) is 4.79 Å². The predicted molar refractivity (Wildman–Crippen MR) is 84.2 cm³/mol. The normalized spacial score (nSPS) is 24.1. The summed E-state index contributed by atoms with van der Waals surface area (Å²) < 4.78 is 1.81. The van der Waals surface area contributed by atoms with E-state index in [0.29, 0.717) is 10.7 Å². The summed E-state index contributed by atoms with van der Waals surface area (Å²) in [5.74, 6) is 0.730. The van der Waals surface area contributed by atoms with Crippen molar-refractivity contribution in [3.05, 3.63) is 32.7 Å². The molecular weight excluding hydrogens is 426 g/mol. The van der Waals surface area contributed by atoms with Crippen molar-refractivity contribution in [1.29, 1.82) is 0 Å². The predicted octanol–water partition coefficient (Wildman–Crippen LogP) is 4.46. The van der Waals surface area contributed by atoms with E-state index in [1.807, 2.05) is 23.1 Å². The molecule has 2 nitrogen and oxygen atoms in total. The van der Waals surface area contributed by atoms with E-state index in [2.05, 4.69) is 54.7 Å². The highest BCUT2D eigenvalue weighted by Crippen LogP contribution is 2.27. The summed E-state index contributed by atoms with van der Waals surface area (Å²) >= 11 is 10.5. The van der Waals surface area contributed by atoms with Crippen LogP contribution in [-0.2, 0) is 0 Å².